The van der Waals surface area contributed by atoms with Gasteiger partial charge in [-0.15, -0.1) is 0 Å². The van der Waals surface area contributed by atoms with E-state index in [9.17, 15) is 4.79 Å². The SMILES string of the molecule is Cc1cc(C(N)=O)cc(C)c1-c1cccc2c1CCC2. The van der Waals surface area contributed by atoms with E-state index in [0.29, 0.717) is 5.56 Å². The summed E-state index contributed by atoms with van der Waals surface area (Å²) in [7, 11) is 0. The largest absolute Gasteiger partial charge is 0.366 e. The molecule has 0 bridgehead atoms. The van der Waals surface area contributed by atoms with Crippen molar-refractivity contribution in [3.8, 4) is 11.1 Å². The van der Waals surface area contributed by atoms with Gasteiger partial charge in [-0.3, -0.25) is 4.79 Å². The second kappa shape index (κ2) is 4.78. The van der Waals surface area contributed by atoms with Crippen LogP contribution in [0.3, 0.4) is 0 Å². The lowest BCUT2D eigenvalue weighted by atomic mass is 9.89. The summed E-state index contributed by atoms with van der Waals surface area (Å²) in [5, 5.41) is 0. The molecule has 0 saturated heterocycles. The number of primary amides is 1. The van der Waals surface area contributed by atoms with Crippen molar-refractivity contribution in [1.29, 1.82) is 0 Å². The van der Waals surface area contributed by atoms with Crippen LogP contribution < -0.4 is 5.73 Å². The molecule has 2 aromatic carbocycles. The standard InChI is InChI=1S/C18H19NO/c1-11-9-14(18(19)20)10-12(2)17(11)16-8-4-6-13-5-3-7-15(13)16/h4,6,8-10H,3,5,7H2,1-2H3,(H2,19,20). The van der Waals surface area contributed by atoms with Crippen LogP contribution in [-0.4, -0.2) is 5.91 Å². The summed E-state index contributed by atoms with van der Waals surface area (Å²) >= 11 is 0. The molecule has 0 aromatic heterocycles. The van der Waals surface area contributed by atoms with Crippen LogP contribution >= 0.6 is 0 Å². The van der Waals surface area contributed by atoms with Crippen LogP contribution in [0, 0.1) is 13.8 Å². The number of rotatable bonds is 2. The minimum absolute atomic E-state index is 0.360. The molecular weight excluding hydrogens is 246 g/mol. The van der Waals surface area contributed by atoms with Crippen LogP contribution in [-0.2, 0) is 12.8 Å². The van der Waals surface area contributed by atoms with E-state index in [1.807, 2.05) is 12.1 Å². The normalized spacial score (nSPS) is 13.3. The number of nitrogens with two attached hydrogens (primary N) is 1. The Balaban J connectivity index is 2.21. The highest BCUT2D eigenvalue weighted by atomic mass is 16.1. The minimum atomic E-state index is -0.360. The fraction of sp³-hybridized carbons (Fsp3) is 0.278. The fourth-order valence-corrected chi connectivity index (χ4v) is 3.38. The summed E-state index contributed by atoms with van der Waals surface area (Å²) in [6, 6.07) is 10.4. The lowest BCUT2D eigenvalue weighted by molar-refractivity contribution is 0.1000. The highest BCUT2D eigenvalue weighted by Crippen LogP contribution is 2.36. The van der Waals surface area contributed by atoms with E-state index in [2.05, 4.69) is 32.0 Å². The molecule has 0 atom stereocenters. The molecule has 0 spiro atoms. The molecule has 0 unspecified atom stereocenters. The first kappa shape index (κ1) is 12.9. The summed E-state index contributed by atoms with van der Waals surface area (Å²) in [5.74, 6) is -0.360. The van der Waals surface area contributed by atoms with E-state index in [1.54, 1.807) is 0 Å². The third kappa shape index (κ3) is 2.01. The van der Waals surface area contributed by atoms with Gasteiger partial charge in [0.1, 0.15) is 0 Å². The number of hydrogen-bond donors (Lipinski definition) is 1. The first-order valence-corrected chi connectivity index (χ1v) is 7.10. The Hall–Kier alpha value is -2.09. The Bertz CT molecular complexity index is 678. The number of amides is 1. The molecule has 2 N–H and O–H groups in total. The Morgan fingerprint density at radius 1 is 1.10 bits per heavy atom. The molecule has 1 aliphatic carbocycles. The van der Waals surface area contributed by atoms with E-state index in [4.69, 9.17) is 5.73 Å². The van der Waals surface area contributed by atoms with Gasteiger partial charge in [-0.25, -0.2) is 0 Å². The molecule has 2 nitrogen and oxygen atoms in total. The smallest absolute Gasteiger partial charge is 0.248 e. The zero-order chi connectivity index (χ0) is 14.3. The van der Waals surface area contributed by atoms with Crippen molar-refractivity contribution >= 4 is 5.91 Å². The zero-order valence-corrected chi connectivity index (χ0v) is 12.0. The molecule has 1 amide bonds. The van der Waals surface area contributed by atoms with Crippen LogP contribution in [0.1, 0.15) is 39.0 Å². The third-order valence-electron chi connectivity index (χ3n) is 4.23. The molecule has 20 heavy (non-hydrogen) atoms. The molecule has 2 aromatic rings. The summed E-state index contributed by atoms with van der Waals surface area (Å²) in [5.41, 5.74) is 13.8. The average molecular weight is 265 g/mol. The molecule has 0 radical (unpaired) electrons. The molecule has 0 heterocycles. The number of aryl methyl sites for hydroxylation is 3. The second-order valence-corrected chi connectivity index (χ2v) is 5.65. The van der Waals surface area contributed by atoms with Gasteiger partial charge in [0.05, 0.1) is 0 Å². The fourth-order valence-electron chi connectivity index (χ4n) is 3.38. The topological polar surface area (TPSA) is 43.1 Å². The lowest BCUT2D eigenvalue weighted by Crippen LogP contribution is -2.11. The van der Waals surface area contributed by atoms with Gasteiger partial charge in [0, 0.05) is 5.56 Å². The maximum absolute atomic E-state index is 11.4. The predicted octanol–water partition coefficient (Wildman–Crippen LogP) is 3.56. The van der Waals surface area contributed by atoms with Crippen molar-refractivity contribution in [1.82, 2.24) is 0 Å². The van der Waals surface area contributed by atoms with Crippen molar-refractivity contribution in [3.05, 3.63) is 58.1 Å². The Morgan fingerprint density at radius 2 is 1.80 bits per heavy atom. The molecule has 2 heteroatoms. The van der Waals surface area contributed by atoms with Gasteiger partial charge in [-0.1, -0.05) is 18.2 Å². The molecular formula is C18H19NO. The summed E-state index contributed by atoms with van der Waals surface area (Å²) in [4.78, 5) is 11.4. The van der Waals surface area contributed by atoms with Crippen molar-refractivity contribution in [2.75, 3.05) is 0 Å². The van der Waals surface area contributed by atoms with Crippen molar-refractivity contribution in [2.24, 2.45) is 5.73 Å². The Labute approximate surface area is 119 Å². The zero-order valence-electron chi connectivity index (χ0n) is 12.0. The van der Waals surface area contributed by atoms with Gasteiger partial charge in [-0.05, 0) is 78.6 Å². The summed E-state index contributed by atoms with van der Waals surface area (Å²) < 4.78 is 0. The van der Waals surface area contributed by atoms with Crippen molar-refractivity contribution in [3.63, 3.8) is 0 Å². The average Bonchev–Trinajstić information content (AvgIpc) is 2.86. The number of fused-ring (bicyclic) bond motifs is 1. The predicted molar refractivity (Wildman–Crippen MR) is 81.9 cm³/mol. The van der Waals surface area contributed by atoms with E-state index in [0.717, 1.165) is 17.5 Å². The monoisotopic (exact) mass is 265 g/mol. The van der Waals surface area contributed by atoms with Crippen LogP contribution in [0.2, 0.25) is 0 Å². The van der Waals surface area contributed by atoms with Gasteiger partial charge in [0.2, 0.25) is 5.91 Å². The number of carbonyl (C=O) groups is 1. The second-order valence-electron chi connectivity index (χ2n) is 5.65. The van der Waals surface area contributed by atoms with Crippen LogP contribution in [0.4, 0.5) is 0 Å². The highest BCUT2D eigenvalue weighted by molar-refractivity contribution is 5.94. The first-order valence-electron chi connectivity index (χ1n) is 7.10. The van der Waals surface area contributed by atoms with E-state index in [1.165, 1.54) is 35.1 Å². The highest BCUT2D eigenvalue weighted by Gasteiger charge is 2.18. The molecule has 1 aliphatic rings. The molecule has 3 rings (SSSR count). The van der Waals surface area contributed by atoms with Gasteiger partial charge in [0.25, 0.3) is 0 Å². The van der Waals surface area contributed by atoms with Gasteiger partial charge >= 0.3 is 0 Å². The minimum Gasteiger partial charge on any atom is -0.366 e. The number of benzene rings is 2. The number of hydrogen-bond acceptors (Lipinski definition) is 1. The third-order valence-corrected chi connectivity index (χ3v) is 4.23. The first-order chi connectivity index (χ1) is 9.58. The molecule has 102 valence electrons. The molecule has 0 fully saturated rings. The maximum atomic E-state index is 11.4. The molecule has 0 saturated carbocycles. The quantitative estimate of drug-likeness (QED) is 0.886. The van der Waals surface area contributed by atoms with E-state index >= 15 is 0 Å². The van der Waals surface area contributed by atoms with Gasteiger partial charge in [0.15, 0.2) is 0 Å². The lowest BCUT2D eigenvalue weighted by Gasteiger charge is -2.15. The van der Waals surface area contributed by atoms with Crippen LogP contribution in [0.15, 0.2) is 30.3 Å². The van der Waals surface area contributed by atoms with E-state index < -0.39 is 0 Å². The number of carbonyl (C=O) groups excluding carboxylic acids is 1. The van der Waals surface area contributed by atoms with Crippen molar-refractivity contribution in [2.45, 2.75) is 33.1 Å². The Kier molecular flexibility index (Phi) is 3.09. The summed E-state index contributed by atoms with van der Waals surface area (Å²) in [6.45, 7) is 4.12. The van der Waals surface area contributed by atoms with Crippen LogP contribution in [0.5, 0.6) is 0 Å². The summed E-state index contributed by atoms with van der Waals surface area (Å²) in [6.07, 6.45) is 3.58. The molecule has 0 aliphatic heterocycles. The van der Waals surface area contributed by atoms with Gasteiger partial charge < -0.3 is 5.73 Å². The van der Waals surface area contributed by atoms with Gasteiger partial charge in [-0.2, -0.15) is 0 Å². The van der Waals surface area contributed by atoms with Crippen molar-refractivity contribution < 1.29 is 4.79 Å². The maximum Gasteiger partial charge on any atom is 0.248 e. The Morgan fingerprint density at radius 3 is 2.45 bits per heavy atom. The van der Waals surface area contributed by atoms with E-state index in [-0.39, 0.29) is 5.91 Å². The van der Waals surface area contributed by atoms with Crippen LogP contribution in [0.25, 0.3) is 11.1 Å².